The van der Waals surface area contributed by atoms with E-state index >= 15 is 0 Å². The second kappa shape index (κ2) is 7.42. The van der Waals surface area contributed by atoms with Crippen LogP contribution in [-0.4, -0.2) is 11.8 Å². The van der Waals surface area contributed by atoms with Crippen molar-refractivity contribution in [2.75, 3.05) is 10.6 Å². The molecule has 0 saturated carbocycles. The number of benzene rings is 2. The van der Waals surface area contributed by atoms with E-state index in [4.69, 9.17) is 11.6 Å². The number of anilines is 2. The largest absolute Gasteiger partial charge is 0.325 e. The van der Waals surface area contributed by atoms with Crippen molar-refractivity contribution in [1.82, 2.24) is 0 Å². The van der Waals surface area contributed by atoms with Crippen LogP contribution in [0.3, 0.4) is 0 Å². The molecule has 0 saturated heterocycles. The van der Waals surface area contributed by atoms with Crippen molar-refractivity contribution in [3.8, 4) is 0 Å². The lowest BCUT2D eigenvalue weighted by atomic mass is 10.2. The first kappa shape index (κ1) is 16.5. The van der Waals surface area contributed by atoms with Gasteiger partial charge in [0.2, 0.25) is 11.8 Å². The van der Waals surface area contributed by atoms with E-state index in [-0.39, 0.29) is 18.2 Å². The summed E-state index contributed by atoms with van der Waals surface area (Å²) in [6.07, 6.45) is -0.261. The molecular formula is C16H14BrClN2O2. The Balaban J connectivity index is 1.94. The van der Waals surface area contributed by atoms with Crippen molar-refractivity contribution >= 4 is 50.7 Å². The van der Waals surface area contributed by atoms with E-state index in [1.54, 1.807) is 30.3 Å². The molecule has 0 atom stereocenters. The number of halogens is 2. The van der Waals surface area contributed by atoms with Crippen molar-refractivity contribution in [3.05, 3.63) is 57.5 Å². The number of hydrogen-bond acceptors (Lipinski definition) is 2. The zero-order valence-corrected chi connectivity index (χ0v) is 14.2. The Morgan fingerprint density at radius 1 is 1.05 bits per heavy atom. The van der Waals surface area contributed by atoms with Gasteiger partial charge < -0.3 is 10.6 Å². The van der Waals surface area contributed by atoms with Crippen molar-refractivity contribution < 1.29 is 9.59 Å². The molecule has 22 heavy (non-hydrogen) atoms. The van der Waals surface area contributed by atoms with Crippen LogP contribution in [-0.2, 0) is 9.59 Å². The number of carbonyl (C=O) groups is 2. The Labute approximate surface area is 142 Å². The van der Waals surface area contributed by atoms with Crippen LogP contribution in [0.1, 0.15) is 12.0 Å². The monoisotopic (exact) mass is 380 g/mol. The summed E-state index contributed by atoms with van der Waals surface area (Å²) in [7, 11) is 0. The highest BCUT2D eigenvalue weighted by molar-refractivity contribution is 9.10. The molecule has 4 nitrogen and oxygen atoms in total. The summed E-state index contributed by atoms with van der Waals surface area (Å²) < 4.78 is 0.761. The summed E-state index contributed by atoms with van der Waals surface area (Å²) in [6, 6.07) is 12.4. The minimum atomic E-state index is -0.380. The van der Waals surface area contributed by atoms with Crippen LogP contribution in [0.2, 0.25) is 5.02 Å². The van der Waals surface area contributed by atoms with Gasteiger partial charge in [-0.3, -0.25) is 9.59 Å². The quantitative estimate of drug-likeness (QED) is 0.772. The lowest BCUT2D eigenvalue weighted by molar-refractivity contribution is -0.123. The SMILES string of the molecule is Cc1cc(Cl)ccc1NC(=O)CC(=O)Nc1ccccc1Br. The van der Waals surface area contributed by atoms with E-state index in [0.29, 0.717) is 16.4 Å². The Bertz CT molecular complexity index is 719. The first-order valence-corrected chi connectivity index (χ1v) is 7.73. The van der Waals surface area contributed by atoms with Gasteiger partial charge in [0.15, 0.2) is 0 Å². The van der Waals surface area contributed by atoms with Gasteiger partial charge in [0.05, 0.1) is 5.69 Å². The van der Waals surface area contributed by atoms with Gasteiger partial charge in [-0.1, -0.05) is 23.7 Å². The second-order valence-corrected chi connectivity index (χ2v) is 6.00. The molecule has 0 heterocycles. The van der Waals surface area contributed by atoms with Gasteiger partial charge in [-0.25, -0.2) is 0 Å². The number of nitrogens with one attached hydrogen (secondary N) is 2. The van der Waals surface area contributed by atoms with Gasteiger partial charge in [0, 0.05) is 15.2 Å². The molecule has 0 aliphatic rings. The molecule has 6 heteroatoms. The molecule has 0 aliphatic carbocycles. The molecule has 114 valence electrons. The van der Waals surface area contributed by atoms with Crippen LogP contribution >= 0.6 is 27.5 Å². The van der Waals surface area contributed by atoms with Crippen molar-refractivity contribution in [2.24, 2.45) is 0 Å². The third kappa shape index (κ3) is 4.58. The Morgan fingerprint density at radius 3 is 2.32 bits per heavy atom. The summed E-state index contributed by atoms with van der Waals surface area (Å²) in [5.41, 5.74) is 2.11. The van der Waals surface area contributed by atoms with Crippen molar-refractivity contribution in [1.29, 1.82) is 0 Å². The average molecular weight is 382 g/mol. The van der Waals surface area contributed by atoms with Crippen molar-refractivity contribution in [3.63, 3.8) is 0 Å². The molecule has 2 aromatic rings. The van der Waals surface area contributed by atoms with E-state index in [9.17, 15) is 9.59 Å². The van der Waals surface area contributed by atoms with Gasteiger partial charge in [-0.15, -0.1) is 0 Å². The maximum absolute atomic E-state index is 11.9. The molecule has 0 fully saturated rings. The summed E-state index contributed by atoms with van der Waals surface area (Å²) in [6.45, 7) is 1.84. The predicted molar refractivity (Wildman–Crippen MR) is 92.2 cm³/mol. The predicted octanol–water partition coefficient (Wildman–Crippen LogP) is 4.38. The zero-order chi connectivity index (χ0) is 16.1. The first-order valence-electron chi connectivity index (χ1n) is 6.56. The fourth-order valence-corrected chi connectivity index (χ4v) is 2.48. The summed E-state index contributed by atoms with van der Waals surface area (Å²) in [5.74, 6) is -0.758. The van der Waals surface area contributed by atoms with E-state index in [1.807, 2.05) is 19.1 Å². The summed E-state index contributed by atoms with van der Waals surface area (Å²) in [5, 5.41) is 5.98. The third-order valence-electron chi connectivity index (χ3n) is 2.93. The number of aryl methyl sites for hydroxylation is 1. The minimum absolute atomic E-state index is 0.261. The van der Waals surface area contributed by atoms with Crippen LogP contribution < -0.4 is 10.6 Å². The molecule has 0 radical (unpaired) electrons. The highest BCUT2D eigenvalue weighted by atomic mass is 79.9. The number of carbonyl (C=O) groups excluding carboxylic acids is 2. The molecule has 0 bridgehead atoms. The summed E-state index contributed by atoms with van der Waals surface area (Å²) >= 11 is 9.19. The lowest BCUT2D eigenvalue weighted by Gasteiger charge is -2.10. The van der Waals surface area contributed by atoms with Crippen LogP contribution in [0.15, 0.2) is 46.9 Å². The average Bonchev–Trinajstić information content (AvgIpc) is 2.44. The minimum Gasteiger partial charge on any atom is -0.325 e. The number of rotatable bonds is 4. The second-order valence-electron chi connectivity index (χ2n) is 4.71. The molecule has 2 rings (SSSR count). The highest BCUT2D eigenvalue weighted by Gasteiger charge is 2.12. The van der Waals surface area contributed by atoms with E-state index in [1.165, 1.54) is 0 Å². The van der Waals surface area contributed by atoms with E-state index < -0.39 is 0 Å². The first-order chi connectivity index (χ1) is 10.5. The topological polar surface area (TPSA) is 58.2 Å². The van der Waals surface area contributed by atoms with Crippen LogP contribution in [0, 0.1) is 6.92 Å². The zero-order valence-electron chi connectivity index (χ0n) is 11.8. The standard InChI is InChI=1S/C16H14BrClN2O2/c1-10-8-11(18)6-7-13(10)19-15(21)9-16(22)20-14-5-3-2-4-12(14)17/h2-8H,9H2,1H3,(H,19,21)(H,20,22). The molecule has 2 amide bonds. The number of hydrogen-bond donors (Lipinski definition) is 2. The van der Waals surface area contributed by atoms with Gasteiger partial charge in [0.25, 0.3) is 0 Å². The number of para-hydroxylation sites is 1. The number of amides is 2. The molecule has 2 aromatic carbocycles. The van der Waals surface area contributed by atoms with Gasteiger partial charge >= 0.3 is 0 Å². The molecule has 0 aliphatic heterocycles. The molecule has 2 N–H and O–H groups in total. The van der Waals surface area contributed by atoms with Crippen molar-refractivity contribution in [2.45, 2.75) is 13.3 Å². The van der Waals surface area contributed by atoms with E-state index in [0.717, 1.165) is 10.0 Å². The van der Waals surface area contributed by atoms with Gasteiger partial charge in [0.1, 0.15) is 6.42 Å². The fraction of sp³-hybridized carbons (Fsp3) is 0.125. The fourth-order valence-electron chi connectivity index (χ4n) is 1.86. The molecule has 0 aromatic heterocycles. The third-order valence-corrected chi connectivity index (χ3v) is 3.86. The van der Waals surface area contributed by atoms with Crippen LogP contribution in [0.5, 0.6) is 0 Å². The molecule has 0 unspecified atom stereocenters. The Hall–Kier alpha value is -1.85. The van der Waals surface area contributed by atoms with Crippen LogP contribution in [0.4, 0.5) is 11.4 Å². The summed E-state index contributed by atoms with van der Waals surface area (Å²) in [4.78, 5) is 23.8. The highest BCUT2D eigenvalue weighted by Crippen LogP contribution is 2.22. The Kier molecular flexibility index (Phi) is 5.57. The van der Waals surface area contributed by atoms with Crippen LogP contribution in [0.25, 0.3) is 0 Å². The lowest BCUT2D eigenvalue weighted by Crippen LogP contribution is -2.21. The molecular weight excluding hydrogens is 368 g/mol. The normalized spacial score (nSPS) is 10.1. The smallest absolute Gasteiger partial charge is 0.233 e. The Morgan fingerprint density at radius 2 is 1.68 bits per heavy atom. The maximum atomic E-state index is 11.9. The maximum Gasteiger partial charge on any atom is 0.233 e. The van der Waals surface area contributed by atoms with Gasteiger partial charge in [-0.2, -0.15) is 0 Å². The van der Waals surface area contributed by atoms with Gasteiger partial charge in [-0.05, 0) is 58.7 Å². The van der Waals surface area contributed by atoms with E-state index in [2.05, 4.69) is 26.6 Å². The molecule has 0 spiro atoms.